The summed E-state index contributed by atoms with van der Waals surface area (Å²) in [5.41, 5.74) is -0.799. The van der Waals surface area contributed by atoms with Gasteiger partial charge in [-0.3, -0.25) is 14.5 Å². The zero-order valence-electron chi connectivity index (χ0n) is 14.4. The van der Waals surface area contributed by atoms with E-state index in [-0.39, 0.29) is 24.3 Å². The van der Waals surface area contributed by atoms with Crippen LogP contribution in [0.5, 0.6) is 0 Å². The van der Waals surface area contributed by atoms with Crippen LogP contribution >= 0.6 is 0 Å². The number of piperidine rings is 1. The molecule has 1 N–H and O–H groups in total. The average molecular weight is 333 g/mol. The molecule has 0 aromatic heterocycles. The van der Waals surface area contributed by atoms with E-state index in [0.717, 1.165) is 37.1 Å². The molecular formula is C18H27N3O3. The average Bonchev–Trinajstić information content (AvgIpc) is 3.40. The Morgan fingerprint density at radius 3 is 2.58 bits per heavy atom. The van der Waals surface area contributed by atoms with Gasteiger partial charge in [0.25, 0.3) is 5.91 Å². The molecule has 0 aromatic carbocycles. The molecule has 24 heavy (non-hydrogen) atoms. The van der Waals surface area contributed by atoms with Crippen molar-refractivity contribution in [2.75, 3.05) is 13.1 Å². The maximum Gasteiger partial charge on any atom is 0.325 e. The second-order valence-electron chi connectivity index (χ2n) is 8.14. The van der Waals surface area contributed by atoms with E-state index in [1.165, 1.54) is 25.7 Å². The Kier molecular flexibility index (Phi) is 3.81. The summed E-state index contributed by atoms with van der Waals surface area (Å²) in [5, 5.41) is 2.82. The lowest BCUT2D eigenvalue weighted by Gasteiger charge is -2.44. The molecule has 3 unspecified atom stereocenters. The van der Waals surface area contributed by atoms with E-state index in [0.29, 0.717) is 12.0 Å². The third-order valence-corrected chi connectivity index (χ3v) is 6.55. The van der Waals surface area contributed by atoms with Gasteiger partial charge in [0.2, 0.25) is 5.91 Å². The lowest BCUT2D eigenvalue weighted by molar-refractivity contribution is -0.143. The van der Waals surface area contributed by atoms with E-state index in [4.69, 9.17) is 0 Å². The maximum atomic E-state index is 12.8. The fourth-order valence-corrected chi connectivity index (χ4v) is 4.96. The summed E-state index contributed by atoms with van der Waals surface area (Å²) in [5.74, 6) is 0.554. The fourth-order valence-electron chi connectivity index (χ4n) is 4.96. The van der Waals surface area contributed by atoms with Crippen molar-refractivity contribution in [3.63, 3.8) is 0 Å². The summed E-state index contributed by atoms with van der Waals surface area (Å²) >= 11 is 0. The van der Waals surface area contributed by atoms with Crippen molar-refractivity contribution in [2.45, 2.75) is 69.9 Å². The van der Waals surface area contributed by atoms with Crippen LogP contribution < -0.4 is 5.32 Å². The number of nitrogens with one attached hydrogen (secondary N) is 1. The Morgan fingerprint density at radius 2 is 1.83 bits per heavy atom. The van der Waals surface area contributed by atoms with Crippen molar-refractivity contribution in [3.05, 3.63) is 0 Å². The molecule has 4 aliphatic rings. The minimum atomic E-state index is -0.799. The third kappa shape index (κ3) is 2.50. The normalized spacial score (nSPS) is 36.5. The molecule has 4 rings (SSSR count). The molecule has 4 fully saturated rings. The second-order valence-corrected chi connectivity index (χ2v) is 8.14. The van der Waals surface area contributed by atoms with Gasteiger partial charge in [0.15, 0.2) is 0 Å². The number of carbonyl (C=O) groups excluding carboxylic acids is 3. The van der Waals surface area contributed by atoms with Crippen LogP contribution in [-0.4, -0.2) is 52.3 Å². The molecule has 132 valence electrons. The smallest absolute Gasteiger partial charge is 0.325 e. The molecular weight excluding hydrogens is 306 g/mol. The van der Waals surface area contributed by atoms with Crippen LogP contribution in [0, 0.1) is 11.8 Å². The van der Waals surface area contributed by atoms with Crippen molar-refractivity contribution in [2.24, 2.45) is 11.8 Å². The highest BCUT2D eigenvalue weighted by Gasteiger charge is 2.56. The number of hydrogen-bond donors (Lipinski definition) is 1. The Bertz CT molecular complexity index is 572. The fraction of sp³-hybridized carbons (Fsp3) is 0.833. The molecule has 2 saturated carbocycles. The van der Waals surface area contributed by atoms with Gasteiger partial charge in [-0.25, -0.2) is 4.79 Å². The second kappa shape index (κ2) is 5.74. The number of rotatable bonds is 3. The number of amides is 4. The highest BCUT2D eigenvalue weighted by molar-refractivity contribution is 6.09. The molecule has 2 saturated heterocycles. The van der Waals surface area contributed by atoms with E-state index >= 15 is 0 Å². The predicted octanol–water partition coefficient (Wildman–Crippen LogP) is 1.89. The molecule has 0 spiro atoms. The first-order valence-corrected chi connectivity index (χ1v) is 9.44. The molecule has 2 aliphatic heterocycles. The largest absolute Gasteiger partial charge is 0.338 e. The first-order chi connectivity index (χ1) is 11.5. The van der Waals surface area contributed by atoms with Crippen LogP contribution in [0.2, 0.25) is 0 Å². The van der Waals surface area contributed by atoms with Gasteiger partial charge >= 0.3 is 6.03 Å². The van der Waals surface area contributed by atoms with Crippen molar-refractivity contribution in [1.29, 1.82) is 0 Å². The van der Waals surface area contributed by atoms with Gasteiger partial charge in [-0.05, 0) is 57.3 Å². The van der Waals surface area contributed by atoms with Crippen LogP contribution in [-0.2, 0) is 9.59 Å². The van der Waals surface area contributed by atoms with Crippen LogP contribution in [0.25, 0.3) is 0 Å². The van der Waals surface area contributed by atoms with Crippen molar-refractivity contribution in [1.82, 2.24) is 15.1 Å². The molecule has 4 amide bonds. The van der Waals surface area contributed by atoms with E-state index < -0.39 is 11.6 Å². The Balaban J connectivity index is 1.45. The topological polar surface area (TPSA) is 69.7 Å². The van der Waals surface area contributed by atoms with Crippen molar-refractivity contribution in [3.8, 4) is 0 Å². The molecule has 2 heterocycles. The van der Waals surface area contributed by atoms with Gasteiger partial charge in [0.1, 0.15) is 12.1 Å². The Morgan fingerprint density at radius 1 is 1.12 bits per heavy atom. The molecule has 6 nitrogen and oxygen atoms in total. The predicted molar refractivity (Wildman–Crippen MR) is 88.1 cm³/mol. The summed E-state index contributed by atoms with van der Waals surface area (Å²) in [6, 6.07) is -0.0875. The molecule has 0 aromatic rings. The SMILES string of the molecule is CC1(C2CC2)NC(=O)N(CC(=O)N2CCCC3CCCCC32)C1=O. The maximum absolute atomic E-state index is 12.8. The summed E-state index contributed by atoms with van der Waals surface area (Å²) < 4.78 is 0. The monoisotopic (exact) mass is 333 g/mol. The van der Waals surface area contributed by atoms with Gasteiger partial charge in [0, 0.05) is 12.6 Å². The van der Waals surface area contributed by atoms with Gasteiger partial charge in [-0.15, -0.1) is 0 Å². The number of nitrogens with zero attached hydrogens (tertiary/aromatic N) is 2. The Hall–Kier alpha value is -1.59. The van der Waals surface area contributed by atoms with Crippen molar-refractivity contribution < 1.29 is 14.4 Å². The zero-order chi connectivity index (χ0) is 16.9. The zero-order valence-corrected chi connectivity index (χ0v) is 14.4. The summed E-state index contributed by atoms with van der Waals surface area (Å²) in [4.78, 5) is 40.9. The molecule has 0 radical (unpaired) electrons. The number of likely N-dealkylation sites (tertiary alicyclic amines) is 1. The van der Waals surface area contributed by atoms with Crippen LogP contribution in [0.15, 0.2) is 0 Å². The van der Waals surface area contributed by atoms with Gasteiger partial charge in [-0.2, -0.15) is 0 Å². The minimum absolute atomic E-state index is 0.0600. The number of hydrogen-bond acceptors (Lipinski definition) is 3. The van der Waals surface area contributed by atoms with E-state index in [1.54, 1.807) is 6.92 Å². The number of fused-ring (bicyclic) bond motifs is 1. The van der Waals surface area contributed by atoms with Gasteiger partial charge in [0.05, 0.1) is 0 Å². The van der Waals surface area contributed by atoms with E-state index in [1.807, 2.05) is 4.90 Å². The minimum Gasteiger partial charge on any atom is -0.338 e. The first-order valence-electron chi connectivity index (χ1n) is 9.44. The number of carbonyl (C=O) groups is 3. The highest BCUT2D eigenvalue weighted by atomic mass is 16.2. The molecule has 6 heteroatoms. The van der Waals surface area contributed by atoms with Crippen LogP contribution in [0.3, 0.4) is 0 Å². The van der Waals surface area contributed by atoms with Crippen LogP contribution in [0.1, 0.15) is 58.3 Å². The van der Waals surface area contributed by atoms with Crippen LogP contribution in [0.4, 0.5) is 4.79 Å². The molecule has 3 atom stereocenters. The highest BCUT2D eigenvalue weighted by Crippen LogP contribution is 2.42. The standard InChI is InChI=1S/C18H27N3O3/c1-18(13-8-9-13)16(23)21(17(24)19-18)11-15(22)20-10-4-6-12-5-2-3-7-14(12)20/h12-14H,2-11H2,1H3,(H,19,24). The number of urea groups is 1. The van der Waals surface area contributed by atoms with E-state index in [9.17, 15) is 14.4 Å². The number of imide groups is 1. The molecule has 2 aliphatic carbocycles. The lowest BCUT2D eigenvalue weighted by Crippen LogP contribution is -2.53. The first kappa shape index (κ1) is 15.9. The summed E-state index contributed by atoms with van der Waals surface area (Å²) in [7, 11) is 0. The quantitative estimate of drug-likeness (QED) is 0.802. The lowest BCUT2D eigenvalue weighted by atomic mass is 9.78. The third-order valence-electron chi connectivity index (χ3n) is 6.55. The Labute approximate surface area is 142 Å². The summed E-state index contributed by atoms with van der Waals surface area (Å²) in [6.07, 6.45) is 8.89. The summed E-state index contributed by atoms with van der Waals surface area (Å²) in [6.45, 7) is 2.47. The molecule has 0 bridgehead atoms. The van der Waals surface area contributed by atoms with E-state index in [2.05, 4.69) is 5.32 Å². The van der Waals surface area contributed by atoms with Crippen molar-refractivity contribution >= 4 is 17.8 Å². The van der Waals surface area contributed by atoms with Gasteiger partial charge < -0.3 is 10.2 Å². The van der Waals surface area contributed by atoms with Gasteiger partial charge in [-0.1, -0.05) is 12.8 Å².